The summed E-state index contributed by atoms with van der Waals surface area (Å²) in [5.74, 6) is 0. The normalized spacial score (nSPS) is 11.5. The third-order valence-electron chi connectivity index (χ3n) is 2.17. The molecule has 0 amide bonds. The van der Waals surface area contributed by atoms with Crippen molar-refractivity contribution in [3.63, 3.8) is 0 Å². The molecule has 8 heteroatoms. The quantitative estimate of drug-likeness (QED) is 0.845. The van der Waals surface area contributed by atoms with Crippen LogP contribution in [0.25, 0.3) is 0 Å². The van der Waals surface area contributed by atoms with Crippen molar-refractivity contribution in [3.05, 3.63) is 41.6 Å². The van der Waals surface area contributed by atoms with E-state index in [0.29, 0.717) is 20.6 Å². The third-order valence-corrected chi connectivity index (χ3v) is 4.47. The maximum absolute atomic E-state index is 11.3. The minimum atomic E-state index is -3.80. The van der Waals surface area contributed by atoms with Gasteiger partial charge in [0.1, 0.15) is 5.03 Å². The van der Waals surface area contributed by atoms with Gasteiger partial charge in [0.05, 0.1) is 9.92 Å². The Hall–Kier alpha value is -1.28. The average Bonchev–Trinajstić information content (AvgIpc) is 2.30. The lowest BCUT2D eigenvalue weighted by atomic mass is 10.3. The molecule has 0 aliphatic heterocycles. The van der Waals surface area contributed by atoms with Crippen LogP contribution < -0.4 is 10.9 Å². The van der Waals surface area contributed by atoms with Gasteiger partial charge in [0, 0.05) is 16.8 Å². The summed E-state index contributed by atoms with van der Waals surface area (Å²) in [6.07, 6.45) is 1.60. The molecular formula is C11H10ClN3O2S2. The number of hydrogen-bond donors (Lipinski definition) is 2. The van der Waals surface area contributed by atoms with E-state index in [1.165, 1.54) is 23.9 Å². The fourth-order valence-corrected chi connectivity index (χ4v) is 3.16. The zero-order valence-corrected chi connectivity index (χ0v) is 12.0. The molecule has 4 N–H and O–H groups in total. The Morgan fingerprint density at radius 1 is 1.26 bits per heavy atom. The molecule has 19 heavy (non-hydrogen) atoms. The van der Waals surface area contributed by atoms with E-state index in [2.05, 4.69) is 4.98 Å². The van der Waals surface area contributed by atoms with E-state index in [1.54, 1.807) is 24.4 Å². The molecule has 0 saturated heterocycles. The molecule has 1 heterocycles. The first kappa shape index (κ1) is 14.1. The van der Waals surface area contributed by atoms with Gasteiger partial charge in [-0.25, -0.2) is 18.5 Å². The van der Waals surface area contributed by atoms with Crippen molar-refractivity contribution >= 4 is 39.1 Å². The smallest absolute Gasteiger partial charge is 0.238 e. The van der Waals surface area contributed by atoms with Gasteiger partial charge in [-0.3, -0.25) is 0 Å². The van der Waals surface area contributed by atoms with Crippen LogP contribution in [0.1, 0.15) is 0 Å². The summed E-state index contributed by atoms with van der Waals surface area (Å²) in [6.45, 7) is 0. The van der Waals surface area contributed by atoms with E-state index < -0.39 is 10.0 Å². The SMILES string of the molecule is Nc1cc(Sc2ncccc2Cl)cc(S(N)(=O)=O)c1. The standard InChI is InChI=1S/C11H10ClN3O2S2/c12-10-2-1-3-15-11(10)18-8-4-7(13)5-9(6-8)19(14,16)17/h1-6H,13H2,(H2,14,16,17). The Kier molecular flexibility index (Phi) is 4.00. The van der Waals surface area contributed by atoms with E-state index in [-0.39, 0.29) is 4.90 Å². The Morgan fingerprint density at radius 2 is 2.00 bits per heavy atom. The summed E-state index contributed by atoms with van der Waals surface area (Å²) < 4.78 is 22.7. The molecule has 0 aliphatic carbocycles. The summed E-state index contributed by atoms with van der Waals surface area (Å²) in [5, 5.41) is 6.13. The number of pyridine rings is 1. The number of nitrogens with zero attached hydrogens (tertiary/aromatic N) is 1. The molecule has 1 aromatic heterocycles. The second-order valence-corrected chi connectivity index (χ2v) is 6.71. The van der Waals surface area contributed by atoms with Gasteiger partial charge in [-0.15, -0.1) is 0 Å². The van der Waals surface area contributed by atoms with Crippen molar-refractivity contribution < 1.29 is 8.42 Å². The van der Waals surface area contributed by atoms with Gasteiger partial charge in [-0.1, -0.05) is 23.4 Å². The minimum Gasteiger partial charge on any atom is -0.399 e. The van der Waals surface area contributed by atoms with E-state index in [1.807, 2.05) is 0 Å². The van der Waals surface area contributed by atoms with Crippen molar-refractivity contribution in [1.29, 1.82) is 0 Å². The largest absolute Gasteiger partial charge is 0.399 e. The Bertz CT molecular complexity index is 720. The summed E-state index contributed by atoms with van der Waals surface area (Å²) in [6, 6.07) is 7.77. The van der Waals surface area contributed by atoms with Gasteiger partial charge in [0.25, 0.3) is 0 Å². The van der Waals surface area contributed by atoms with Crippen molar-refractivity contribution in [3.8, 4) is 0 Å². The number of nitrogens with two attached hydrogens (primary N) is 2. The lowest BCUT2D eigenvalue weighted by Gasteiger charge is -2.06. The number of hydrogen-bond acceptors (Lipinski definition) is 5. The van der Waals surface area contributed by atoms with Gasteiger partial charge < -0.3 is 5.73 Å². The molecule has 100 valence electrons. The molecular weight excluding hydrogens is 306 g/mol. The number of halogens is 1. The predicted octanol–water partition coefficient (Wildman–Crippen LogP) is 2.12. The molecule has 0 atom stereocenters. The monoisotopic (exact) mass is 315 g/mol. The first-order chi connectivity index (χ1) is 8.86. The maximum Gasteiger partial charge on any atom is 0.238 e. The van der Waals surface area contributed by atoms with E-state index >= 15 is 0 Å². The Balaban J connectivity index is 2.42. The van der Waals surface area contributed by atoms with Crippen molar-refractivity contribution in [2.45, 2.75) is 14.8 Å². The molecule has 0 radical (unpaired) electrons. The van der Waals surface area contributed by atoms with Crippen LogP contribution in [0, 0.1) is 0 Å². The number of primary sulfonamides is 1. The van der Waals surface area contributed by atoms with Crippen LogP contribution in [0.15, 0.2) is 51.3 Å². The number of anilines is 1. The molecule has 2 aromatic rings. The molecule has 1 aromatic carbocycles. The van der Waals surface area contributed by atoms with Gasteiger partial charge in [-0.05, 0) is 30.3 Å². The molecule has 0 unspecified atom stereocenters. The molecule has 5 nitrogen and oxygen atoms in total. The fraction of sp³-hybridized carbons (Fsp3) is 0. The van der Waals surface area contributed by atoms with E-state index in [9.17, 15) is 8.42 Å². The third kappa shape index (κ3) is 3.60. The van der Waals surface area contributed by atoms with Gasteiger partial charge in [0.15, 0.2) is 0 Å². The Morgan fingerprint density at radius 3 is 2.63 bits per heavy atom. The lowest BCUT2D eigenvalue weighted by molar-refractivity contribution is 0.597. The summed E-state index contributed by atoms with van der Waals surface area (Å²) >= 11 is 7.20. The summed E-state index contributed by atoms with van der Waals surface area (Å²) in [5.41, 5.74) is 5.97. The summed E-state index contributed by atoms with van der Waals surface area (Å²) in [4.78, 5) is 4.67. The minimum absolute atomic E-state index is 0.0398. The molecule has 0 bridgehead atoms. The van der Waals surface area contributed by atoms with E-state index in [0.717, 1.165) is 0 Å². The van der Waals surface area contributed by atoms with Gasteiger partial charge in [0.2, 0.25) is 10.0 Å². The average molecular weight is 316 g/mol. The second kappa shape index (κ2) is 5.38. The molecule has 0 spiro atoms. The first-order valence-electron chi connectivity index (χ1n) is 5.08. The number of rotatable bonds is 3. The van der Waals surface area contributed by atoms with Gasteiger partial charge in [-0.2, -0.15) is 0 Å². The first-order valence-corrected chi connectivity index (χ1v) is 7.82. The predicted molar refractivity (Wildman–Crippen MR) is 75.6 cm³/mol. The van der Waals surface area contributed by atoms with Crippen LogP contribution >= 0.6 is 23.4 Å². The van der Waals surface area contributed by atoms with Crippen molar-refractivity contribution in [2.24, 2.45) is 5.14 Å². The van der Waals surface area contributed by atoms with Crippen LogP contribution in [0.3, 0.4) is 0 Å². The second-order valence-electron chi connectivity index (χ2n) is 3.68. The molecule has 0 saturated carbocycles. The lowest BCUT2D eigenvalue weighted by Crippen LogP contribution is -2.12. The highest BCUT2D eigenvalue weighted by Gasteiger charge is 2.12. The van der Waals surface area contributed by atoms with Crippen LogP contribution in [-0.2, 0) is 10.0 Å². The highest BCUT2D eigenvalue weighted by atomic mass is 35.5. The van der Waals surface area contributed by atoms with Crippen LogP contribution in [0.2, 0.25) is 5.02 Å². The zero-order valence-electron chi connectivity index (χ0n) is 9.58. The zero-order chi connectivity index (χ0) is 14.0. The molecule has 0 fully saturated rings. The van der Waals surface area contributed by atoms with Gasteiger partial charge >= 0.3 is 0 Å². The highest BCUT2D eigenvalue weighted by molar-refractivity contribution is 7.99. The molecule has 0 aliphatic rings. The van der Waals surface area contributed by atoms with E-state index in [4.69, 9.17) is 22.5 Å². The molecule has 2 rings (SSSR count). The number of sulfonamides is 1. The highest BCUT2D eigenvalue weighted by Crippen LogP contribution is 2.33. The number of benzene rings is 1. The van der Waals surface area contributed by atoms with Crippen molar-refractivity contribution in [2.75, 3.05) is 5.73 Å². The number of aromatic nitrogens is 1. The van der Waals surface area contributed by atoms with Crippen LogP contribution in [-0.4, -0.2) is 13.4 Å². The Labute approximate surface area is 120 Å². The summed E-state index contributed by atoms with van der Waals surface area (Å²) in [7, 11) is -3.80. The fourth-order valence-electron chi connectivity index (χ4n) is 1.37. The van der Waals surface area contributed by atoms with Crippen LogP contribution in [0.5, 0.6) is 0 Å². The number of nitrogen functional groups attached to an aromatic ring is 1. The van der Waals surface area contributed by atoms with Crippen LogP contribution in [0.4, 0.5) is 5.69 Å². The van der Waals surface area contributed by atoms with Crippen molar-refractivity contribution in [1.82, 2.24) is 4.98 Å². The maximum atomic E-state index is 11.3. The topological polar surface area (TPSA) is 99.1 Å².